The molecule has 0 spiro atoms. The van der Waals surface area contributed by atoms with E-state index in [1.165, 1.54) is 5.56 Å². The zero-order valence-electron chi connectivity index (χ0n) is 11.4. The van der Waals surface area contributed by atoms with Crippen molar-refractivity contribution in [3.63, 3.8) is 0 Å². The molecule has 2 nitrogen and oxygen atoms in total. The zero-order valence-corrected chi connectivity index (χ0v) is 13.0. The number of rotatable bonds is 1. The van der Waals surface area contributed by atoms with Crippen LogP contribution in [0.2, 0.25) is 0 Å². The standard InChI is InChI=1S/C15H22BrNO/c1-15(2,3)14-7-8-18-13(10-17-14)11-5-4-6-12(16)9-11/h4-6,9,13-14,17H,7-8,10H2,1-3H3. The molecule has 1 aliphatic heterocycles. The molecular formula is C15H22BrNO. The summed E-state index contributed by atoms with van der Waals surface area (Å²) in [6, 6.07) is 8.91. The summed E-state index contributed by atoms with van der Waals surface area (Å²) in [5.41, 5.74) is 1.53. The van der Waals surface area contributed by atoms with E-state index < -0.39 is 0 Å². The summed E-state index contributed by atoms with van der Waals surface area (Å²) in [6.07, 6.45) is 1.24. The molecule has 0 aliphatic carbocycles. The van der Waals surface area contributed by atoms with E-state index >= 15 is 0 Å². The quantitative estimate of drug-likeness (QED) is 0.849. The van der Waals surface area contributed by atoms with Crippen molar-refractivity contribution in [1.82, 2.24) is 5.32 Å². The van der Waals surface area contributed by atoms with Crippen molar-refractivity contribution < 1.29 is 4.74 Å². The minimum Gasteiger partial charge on any atom is -0.372 e. The van der Waals surface area contributed by atoms with Crippen molar-refractivity contribution in [2.75, 3.05) is 13.2 Å². The fraction of sp³-hybridized carbons (Fsp3) is 0.600. The van der Waals surface area contributed by atoms with Crippen LogP contribution in [0.4, 0.5) is 0 Å². The molecule has 1 heterocycles. The van der Waals surface area contributed by atoms with E-state index in [9.17, 15) is 0 Å². The molecule has 1 aromatic carbocycles. The third-order valence-electron chi connectivity index (χ3n) is 3.54. The second kappa shape index (κ2) is 5.72. The van der Waals surface area contributed by atoms with Crippen molar-refractivity contribution in [1.29, 1.82) is 0 Å². The van der Waals surface area contributed by atoms with Gasteiger partial charge in [0.2, 0.25) is 0 Å². The largest absolute Gasteiger partial charge is 0.372 e. The maximum absolute atomic E-state index is 5.99. The Balaban J connectivity index is 2.05. The van der Waals surface area contributed by atoms with E-state index in [1.54, 1.807) is 0 Å². The lowest BCUT2D eigenvalue weighted by atomic mass is 9.85. The van der Waals surface area contributed by atoms with Gasteiger partial charge in [-0.2, -0.15) is 0 Å². The fourth-order valence-electron chi connectivity index (χ4n) is 2.40. The van der Waals surface area contributed by atoms with Gasteiger partial charge in [0, 0.05) is 23.7 Å². The third-order valence-corrected chi connectivity index (χ3v) is 4.03. The predicted molar refractivity (Wildman–Crippen MR) is 78.7 cm³/mol. The van der Waals surface area contributed by atoms with Gasteiger partial charge in [-0.15, -0.1) is 0 Å². The van der Waals surface area contributed by atoms with Crippen LogP contribution >= 0.6 is 15.9 Å². The van der Waals surface area contributed by atoms with Gasteiger partial charge in [0.1, 0.15) is 0 Å². The average Bonchev–Trinajstić information content (AvgIpc) is 2.53. The van der Waals surface area contributed by atoms with E-state index in [-0.39, 0.29) is 11.5 Å². The second-order valence-electron chi connectivity index (χ2n) is 6.03. The molecule has 2 rings (SSSR count). The summed E-state index contributed by atoms with van der Waals surface area (Å²) in [6.45, 7) is 8.56. The Morgan fingerprint density at radius 2 is 2.11 bits per heavy atom. The SMILES string of the molecule is CC(C)(C)C1CCOC(c2cccc(Br)c2)CN1. The normalized spacial score (nSPS) is 25.8. The van der Waals surface area contributed by atoms with Crippen molar-refractivity contribution in [3.8, 4) is 0 Å². The molecule has 2 unspecified atom stereocenters. The van der Waals surface area contributed by atoms with Crippen LogP contribution in [0.3, 0.4) is 0 Å². The Morgan fingerprint density at radius 3 is 2.78 bits per heavy atom. The van der Waals surface area contributed by atoms with Gasteiger partial charge in [-0.25, -0.2) is 0 Å². The first-order valence-corrected chi connectivity index (χ1v) is 7.36. The molecule has 1 N–H and O–H groups in total. The Bertz CT molecular complexity index is 400. The highest BCUT2D eigenvalue weighted by Crippen LogP contribution is 2.27. The number of hydrogen-bond donors (Lipinski definition) is 1. The zero-order chi connectivity index (χ0) is 13.2. The highest BCUT2D eigenvalue weighted by Gasteiger charge is 2.28. The van der Waals surface area contributed by atoms with Gasteiger partial charge in [-0.1, -0.05) is 48.8 Å². The van der Waals surface area contributed by atoms with Crippen LogP contribution in [0.1, 0.15) is 38.9 Å². The van der Waals surface area contributed by atoms with Gasteiger partial charge in [-0.05, 0) is 29.5 Å². The molecular weight excluding hydrogens is 290 g/mol. The first-order valence-electron chi connectivity index (χ1n) is 6.57. The lowest BCUT2D eigenvalue weighted by Crippen LogP contribution is -2.40. The smallest absolute Gasteiger partial charge is 0.0949 e. The minimum absolute atomic E-state index is 0.162. The summed E-state index contributed by atoms with van der Waals surface area (Å²) in [5.74, 6) is 0. The summed E-state index contributed by atoms with van der Waals surface area (Å²) < 4.78 is 7.10. The monoisotopic (exact) mass is 311 g/mol. The number of halogens is 1. The Kier molecular flexibility index (Phi) is 4.46. The Morgan fingerprint density at radius 1 is 1.33 bits per heavy atom. The second-order valence-corrected chi connectivity index (χ2v) is 6.95. The summed E-state index contributed by atoms with van der Waals surface area (Å²) in [7, 11) is 0. The van der Waals surface area contributed by atoms with Crippen LogP contribution < -0.4 is 5.32 Å². The van der Waals surface area contributed by atoms with Crippen LogP contribution in [-0.4, -0.2) is 19.2 Å². The van der Waals surface area contributed by atoms with E-state index in [4.69, 9.17) is 4.74 Å². The molecule has 3 heteroatoms. The third kappa shape index (κ3) is 3.56. The van der Waals surface area contributed by atoms with Crippen LogP contribution in [0.25, 0.3) is 0 Å². The first kappa shape index (κ1) is 14.0. The minimum atomic E-state index is 0.162. The van der Waals surface area contributed by atoms with Crippen LogP contribution in [0.5, 0.6) is 0 Å². The van der Waals surface area contributed by atoms with Crippen LogP contribution in [-0.2, 0) is 4.74 Å². The van der Waals surface area contributed by atoms with Gasteiger partial charge in [0.25, 0.3) is 0 Å². The Hall–Kier alpha value is -0.380. The van der Waals surface area contributed by atoms with Crippen molar-refractivity contribution in [2.45, 2.75) is 39.3 Å². The molecule has 1 aliphatic rings. The Labute approximate surface area is 118 Å². The highest BCUT2D eigenvalue weighted by atomic mass is 79.9. The van der Waals surface area contributed by atoms with E-state index in [0.717, 1.165) is 24.0 Å². The van der Waals surface area contributed by atoms with Gasteiger partial charge in [0.15, 0.2) is 0 Å². The molecule has 0 radical (unpaired) electrons. The summed E-state index contributed by atoms with van der Waals surface area (Å²) in [4.78, 5) is 0. The molecule has 1 aromatic rings. The number of ether oxygens (including phenoxy) is 1. The molecule has 1 saturated heterocycles. The number of benzene rings is 1. The maximum atomic E-state index is 5.99. The molecule has 0 aromatic heterocycles. The topological polar surface area (TPSA) is 21.3 Å². The highest BCUT2D eigenvalue weighted by molar-refractivity contribution is 9.10. The summed E-state index contributed by atoms with van der Waals surface area (Å²) >= 11 is 3.52. The molecule has 0 bridgehead atoms. The molecule has 0 amide bonds. The lowest BCUT2D eigenvalue weighted by molar-refractivity contribution is 0.0653. The van der Waals surface area contributed by atoms with E-state index in [1.807, 2.05) is 6.07 Å². The van der Waals surface area contributed by atoms with Gasteiger partial charge in [-0.3, -0.25) is 0 Å². The fourth-order valence-corrected chi connectivity index (χ4v) is 2.82. The molecule has 18 heavy (non-hydrogen) atoms. The van der Waals surface area contributed by atoms with E-state index in [0.29, 0.717) is 6.04 Å². The predicted octanol–water partition coefficient (Wildman–Crippen LogP) is 3.91. The number of nitrogens with one attached hydrogen (secondary N) is 1. The number of hydrogen-bond acceptors (Lipinski definition) is 2. The van der Waals surface area contributed by atoms with Crippen LogP contribution in [0.15, 0.2) is 28.7 Å². The van der Waals surface area contributed by atoms with Crippen molar-refractivity contribution in [3.05, 3.63) is 34.3 Å². The first-order chi connectivity index (χ1) is 8.47. The lowest BCUT2D eigenvalue weighted by Gasteiger charge is -2.30. The average molecular weight is 312 g/mol. The molecule has 1 fully saturated rings. The van der Waals surface area contributed by atoms with Crippen LogP contribution in [0, 0.1) is 5.41 Å². The van der Waals surface area contributed by atoms with E-state index in [2.05, 4.69) is 60.2 Å². The van der Waals surface area contributed by atoms with Crippen molar-refractivity contribution >= 4 is 15.9 Å². The summed E-state index contributed by atoms with van der Waals surface area (Å²) in [5, 5.41) is 3.65. The van der Waals surface area contributed by atoms with Gasteiger partial charge >= 0.3 is 0 Å². The molecule has 0 saturated carbocycles. The molecule has 100 valence electrons. The molecule has 2 atom stereocenters. The van der Waals surface area contributed by atoms with Gasteiger partial charge < -0.3 is 10.1 Å². The maximum Gasteiger partial charge on any atom is 0.0949 e. The van der Waals surface area contributed by atoms with Crippen molar-refractivity contribution in [2.24, 2.45) is 5.41 Å². The van der Waals surface area contributed by atoms with Gasteiger partial charge in [0.05, 0.1) is 6.10 Å².